The van der Waals surface area contributed by atoms with Crippen LogP contribution in [-0.4, -0.2) is 84.9 Å². The van der Waals surface area contributed by atoms with Gasteiger partial charge in [0.1, 0.15) is 30.1 Å². The van der Waals surface area contributed by atoms with Crippen LogP contribution in [0.3, 0.4) is 0 Å². The van der Waals surface area contributed by atoms with Crippen molar-refractivity contribution in [1.82, 2.24) is 4.98 Å². The third kappa shape index (κ3) is 9.60. The number of aliphatic hydroxyl groups is 2. The molecule has 6 atom stereocenters. The maximum Gasteiger partial charge on any atom is 0.417 e. The van der Waals surface area contributed by atoms with Crippen LogP contribution < -0.4 is 24.3 Å². The maximum atomic E-state index is 13.4. The van der Waals surface area contributed by atoms with Gasteiger partial charge in [0.25, 0.3) is 0 Å². The van der Waals surface area contributed by atoms with Gasteiger partial charge in [-0.25, -0.2) is 4.79 Å². The second-order valence-corrected chi connectivity index (χ2v) is 15.8. The van der Waals surface area contributed by atoms with Gasteiger partial charge in [-0.05, 0) is 103 Å². The zero-order chi connectivity index (χ0) is 40.2. The van der Waals surface area contributed by atoms with Crippen LogP contribution in [0.15, 0.2) is 90.4 Å². The largest absolute Gasteiger partial charge is 0.497 e. The molecule has 2 aromatic carbocycles. The molecule has 13 heteroatoms. The predicted molar refractivity (Wildman–Crippen MR) is 222 cm³/mol. The van der Waals surface area contributed by atoms with Gasteiger partial charge in [-0.3, -0.25) is 10.3 Å². The van der Waals surface area contributed by atoms with Crippen molar-refractivity contribution >= 4 is 29.3 Å². The van der Waals surface area contributed by atoms with E-state index in [0.717, 1.165) is 54.7 Å². The smallest absolute Gasteiger partial charge is 0.417 e. The summed E-state index contributed by atoms with van der Waals surface area (Å²) in [4.78, 5) is 23.1. The van der Waals surface area contributed by atoms with Crippen LogP contribution in [0.25, 0.3) is 0 Å². The van der Waals surface area contributed by atoms with Crippen LogP contribution in [-0.2, 0) is 16.0 Å². The van der Waals surface area contributed by atoms with E-state index >= 15 is 0 Å². The minimum absolute atomic E-state index is 0.107. The first-order valence-corrected chi connectivity index (χ1v) is 20.8. The lowest BCUT2D eigenvalue weighted by molar-refractivity contribution is -0.223. The van der Waals surface area contributed by atoms with Crippen molar-refractivity contribution in [3.63, 3.8) is 0 Å². The number of methoxy groups -OCH3 is 2. The van der Waals surface area contributed by atoms with Gasteiger partial charge in [-0.2, -0.15) is 11.8 Å². The van der Waals surface area contributed by atoms with Gasteiger partial charge in [-0.1, -0.05) is 30.1 Å². The molecule has 0 radical (unpaired) electrons. The minimum atomic E-state index is -1.09. The summed E-state index contributed by atoms with van der Waals surface area (Å²) < 4.78 is 30.9. The molecule has 6 unspecified atom stereocenters. The number of carbonyl (C=O) groups excluding carboxylic acids is 1. The van der Waals surface area contributed by atoms with Crippen LogP contribution in [0, 0.1) is 17.8 Å². The quantitative estimate of drug-likeness (QED) is 0.0581. The van der Waals surface area contributed by atoms with Crippen LogP contribution in [0.4, 0.5) is 10.5 Å². The van der Waals surface area contributed by atoms with Gasteiger partial charge in [0.15, 0.2) is 0 Å². The van der Waals surface area contributed by atoms with Crippen LogP contribution in [0.1, 0.15) is 62.0 Å². The summed E-state index contributed by atoms with van der Waals surface area (Å²) >= 11 is 1.80. The van der Waals surface area contributed by atoms with Gasteiger partial charge in [0.2, 0.25) is 5.79 Å². The highest BCUT2D eigenvalue weighted by Crippen LogP contribution is 2.62. The molecule has 0 saturated heterocycles. The lowest BCUT2D eigenvalue weighted by Gasteiger charge is -2.58. The fourth-order valence-electron chi connectivity index (χ4n) is 8.66. The summed E-state index contributed by atoms with van der Waals surface area (Å²) in [5.41, 5.74) is 4.44. The van der Waals surface area contributed by atoms with Crippen LogP contribution in [0.5, 0.6) is 23.0 Å². The number of aliphatic hydroxyl groups excluding tert-OH is 2. The Labute approximate surface area is 339 Å². The highest BCUT2D eigenvalue weighted by Gasteiger charge is 2.64. The molecule has 1 aliphatic heterocycles. The summed E-state index contributed by atoms with van der Waals surface area (Å²) in [6.45, 7) is 4.52. The molecule has 3 aliphatic rings. The van der Waals surface area contributed by atoms with Gasteiger partial charge in [0.05, 0.1) is 43.4 Å². The Morgan fingerprint density at radius 1 is 1.02 bits per heavy atom. The van der Waals surface area contributed by atoms with Crippen molar-refractivity contribution in [3.8, 4) is 23.0 Å². The topological polar surface area (TPSA) is 150 Å². The van der Waals surface area contributed by atoms with Crippen LogP contribution >= 0.6 is 11.8 Å². The molecular weight excluding hydrogens is 747 g/mol. The number of thioether (sulfide) groups is 1. The third-order valence-corrected chi connectivity index (χ3v) is 12.5. The van der Waals surface area contributed by atoms with Crippen molar-refractivity contribution in [3.05, 3.63) is 96.4 Å². The molecule has 12 nitrogen and oxygen atoms in total. The van der Waals surface area contributed by atoms with Crippen LogP contribution in [0.2, 0.25) is 0 Å². The Bertz CT molecular complexity index is 1870. The van der Waals surface area contributed by atoms with E-state index < -0.39 is 11.9 Å². The lowest BCUT2D eigenvalue weighted by Crippen LogP contribution is -2.64. The molecular formula is C44H55N3O9S. The van der Waals surface area contributed by atoms with E-state index in [-0.39, 0.29) is 48.7 Å². The predicted octanol–water partition coefficient (Wildman–Crippen LogP) is 7.95. The number of aromatic nitrogens is 1. The number of allylic oxidation sites excluding steroid dienone is 1. The first-order valence-electron chi connectivity index (χ1n) is 19.7. The van der Waals surface area contributed by atoms with Crippen molar-refractivity contribution < 1.29 is 43.5 Å². The SMILES string of the molecule is C=CCOC12Oc3ccc(OC(=O)Nc4ccc(OC)cc4OC)cc3C3C(CCCCO)C(CCCCO)C=C(C(=NOC)CC1SCCc1ccncc1)C32. The number of nitrogens with zero attached hydrogens (tertiary/aromatic N) is 2. The number of oxime groups is 1. The number of amides is 1. The molecule has 1 aromatic heterocycles. The molecule has 3 aromatic rings. The number of unbranched alkanes of at least 4 members (excludes halogenated alkanes) is 2. The standard InChI is InChI=1S/C44H55N3O9S/c1-5-23-54-44-40(57-24-18-29-16-19-45-20-17-29)28-37(47-53-4)34-25-30(10-6-8-21-48)33(11-7-9-22-49)41(42(34)44)35-26-32(13-15-38(35)56-44)55-43(50)46-36-14-12-31(51-2)27-39(36)52-3/h5,12-17,19-20,25-27,30,33,40-42,48-49H,1,6-11,18,21-24,28H2,2-4H3,(H,46,50). The first-order chi connectivity index (χ1) is 27.9. The number of rotatable bonds is 20. The number of ether oxygens (including phenoxy) is 5. The normalized spacial score (nSPS) is 24.0. The minimum Gasteiger partial charge on any atom is -0.497 e. The molecule has 1 saturated carbocycles. The summed E-state index contributed by atoms with van der Waals surface area (Å²) in [5.74, 6) is 1.55. The molecule has 0 bridgehead atoms. The maximum absolute atomic E-state index is 13.4. The van der Waals surface area contributed by atoms with Crippen molar-refractivity contribution in [1.29, 1.82) is 0 Å². The average Bonchev–Trinajstić information content (AvgIpc) is 3.23. The second-order valence-electron chi connectivity index (χ2n) is 14.5. The van der Waals surface area contributed by atoms with Crippen molar-refractivity contribution in [2.75, 3.05) is 52.2 Å². The summed E-state index contributed by atoms with van der Waals surface area (Å²) in [6.07, 6.45) is 13.2. The number of benzene rings is 2. The van der Waals surface area contributed by atoms with Gasteiger partial charge in [0, 0.05) is 49.6 Å². The average molecular weight is 802 g/mol. The number of anilines is 1. The molecule has 306 valence electrons. The fourth-order valence-corrected chi connectivity index (χ4v) is 10.1. The molecule has 1 amide bonds. The van der Waals surface area contributed by atoms with Gasteiger partial charge >= 0.3 is 6.09 Å². The van der Waals surface area contributed by atoms with E-state index in [9.17, 15) is 15.0 Å². The fraction of sp³-hybridized carbons (Fsp3) is 0.477. The second kappa shape index (κ2) is 20.2. The lowest BCUT2D eigenvalue weighted by atomic mass is 9.56. The highest BCUT2D eigenvalue weighted by atomic mass is 32.2. The molecule has 1 fully saturated rings. The molecule has 6 rings (SSSR count). The van der Waals surface area contributed by atoms with E-state index in [1.165, 1.54) is 12.7 Å². The molecule has 57 heavy (non-hydrogen) atoms. The Balaban J connectivity index is 1.44. The monoisotopic (exact) mass is 801 g/mol. The Hall–Kier alpha value is -4.56. The number of hydrogen-bond donors (Lipinski definition) is 3. The third-order valence-electron chi connectivity index (χ3n) is 11.1. The van der Waals surface area contributed by atoms with E-state index in [4.69, 9.17) is 28.5 Å². The first kappa shape index (κ1) is 42.1. The number of pyridine rings is 1. The van der Waals surface area contributed by atoms with E-state index in [1.54, 1.807) is 56.3 Å². The molecule has 3 N–H and O–H groups in total. The van der Waals surface area contributed by atoms with Gasteiger partial charge in [-0.15, -0.1) is 6.58 Å². The van der Waals surface area contributed by atoms with E-state index in [1.807, 2.05) is 36.7 Å². The Morgan fingerprint density at radius 2 is 1.79 bits per heavy atom. The molecule has 0 spiro atoms. The number of hydrogen-bond acceptors (Lipinski definition) is 12. The number of aryl methyl sites for hydroxylation is 1. The van der Waals surface area contributed by atoms with Crippen molar-refractivity contribution in [2.45, 2.75) is 68.3 Å². The molecule has 2 heterocycles. The zero-order valence-electron chi connectivity index (χ0n) is 33.1. The highest BCUT2D eigenvalue weighted by molar-refractivity contribution is 8.00. The summed E-state index contributed by atoms with van der Waals surface area (Å²) in [5, 5.41) is 26.9. The number of nitrogens with one attached hydrogen (secondary N) is 1. The number of fused-ring (bicyclic) bond motifs is 2. The van der Waals surface area contributed by atoms with E-state index in [2.05, 4.69) is 28.1 Å². The van der Waals surface area contributed by atoms with E-state index in [0.29, 0.717) is 47.9 Å². The number of carbonyl (C=O) groups is 1. The summed E-state index contributed by atoms with van der Waals surface area (Å²) in [7, 11) is 4.66. The Kier molecular flexibility index (Phi) is 14.9. The van der Waals surface area contributed by atoms with Gasteiger partial charge < -0.3 is 38.7 Å². The zero-order valence-corrected chi connectivity index (χ0v) is 33.9. The Morgan fingerprint density at radius 3 is 2.51 bits per heavy atom. The van der Waals surface area contributed by atoms with Crippen molar-refractivity contribution in [2.24, 2.45) is 22.9 Å². The summed E-state index contributed by atoms with van der Waals surface area (Å²) in [6, 6.07) is 14.7. The molecule has 2 aliphatic carbocycles.